The Bertz CT molecular complexity index is 615. The number of rotatable bonds is 4. The fourth-order valence-electron chi connectivity index (χ4n) is 5.23. The van der Waals surface area contributed by atoms with Crippen molar-refractivity contribution in [2.24, 2.45) is 5.92 Å². The first-order valence-electron chi connectivity index (χ1n) is 8.77. The summed E-state index contributed by atoms with van der Waals surface area (Å²) in [5.41, 5.74) is 2.70. The van der Waals surface area contributed by atoms with Gasteiger partial charge in [-0.3, -0.25) is 0 Å². The molecule has 2 aliphatic carbocycles. The van der Waals surface area contributed by atoms with Gasteiger partial charge in [-0.15, -0.1) is 0 Å². The number of aliphatic hydroxyl groups excluding tert-OH is 1. The van der Waals surface area contributed by atoms with Gasteiger partial charge in [-0.1, -0.05) is 6.07 Å². The smallest absolute Gasteiger partial charge is 0.165 e. The molecule has 4 heteroatoms. The maximum absolute atomic E-state index is 10.7. The number of aryl methyl sites for hydroxylation is 1. The van der Waals surface area contributed by atoms with Gasteiger partial charge in [-0.25, -0.2) is 0 Å². The lowest BCUT2D eigenvalue weighted by Crippen LogP contribution is -2.56. The van der Waals surface area contributed by atoms with Crippen molar-refractivity contribution in [3.8, 4) is 11.5 Å². The zero-order valence-electron chi connectivity index (χ0n) is 14.3. The molecule has 1 N–H and O–H groups in total. The molecule has 1 fully saturated rings. The standard InChI is InChI=1S/C19H27NO3/c1-20(2)11-10-19-13-6-4-12-5-9-15(22-3)17(16(12)19)23-18(19)14(21)8-7-13/h5,9,13-14,18,21H,4,6-8,10-11H2,1-3H3. The van der Waals surface area contributed by atoms with Gasteiger partial charge in [0, 0.05) is 11.0 Å². The van der Waals surface area contributed by atoms with E-state index in [2.05, 4.69) is 25.1 Å². The van der Waals surface area contributed by atoms with Crippen LogP contribution in [0.1, 0.15) is 36.8 Å². The second-order valence-corrected chi connectivity index (χ2v) is 7.64. The molecule has 4 atom stereocenters. The molecular weight excluding hydrogens is 290 g/mol. The molecular formula is C19H27NO3. The minimum atomic E-state index is -0.378. The molecule has 0 amide bonds. The summed E-state index contributed by atoms with van der Waals surface area (Å²) in [7, 11) is 5.94. The highest BCUT2D eigenvalue weighted by Gasteiger charge is 2.60. The quantitative estimate of drug-likeness (QED) is 0.926. The number of benzene rings is 1. The third-order valence-corrected chi connectivity index (χ3v) is 6.27. The van der Waals surface area contributed by atoms with Gasteiger partial charge in [0.15, 0.2) is 11.5 Å². The highest BCUT2D eigenvalue weighted by atomic mass is 16.5. The van der Waals surface area contributed by atoms with E-state index in [1.807, 2.05) is 6.07 Å². The Morgan fingerprint density at radius 1 is 1.30 bits per heavy atom. The molecule has 4 nitrogen and oxygen atoms in total. The predicted octanol–water partition coefficient (Wildman–Crippen LogP) is 2.36. The van der Waals surface area contributed by atoms with E-state index in [0.29, 0.717) is 5.92 Å². The first-order valence-corrected chi connectivity index (χ1v) is 8.77. The Balaban J connectivity index is 1.89. The number of hydrogen-bond donors (Lipinski definition) is 1. The average Bonchev–Trinajstić information content (AvgIpc) is 2.90. The number of hydrogen-bond acceptors (Lipinski definition) is 4. The van der Waals surface area contributed by atoms with Gasteiger partial charge >= 0.3 is 0 Å². The number of methoxy groups -OCH3 is 1. The molecule has 0 spiro atoms. The van der Waals surface area contributed by atoms with Crippen molar-refractivity contribution in [2.75, 3.05) is 27.7 Å². The Hall–Kier alpha value is -1.26. The van der Waals surface area contributed by atoms with Crippen molar-refractivity contribution in [1.82, 2.24) is 4.90 Å². The van der Waals surface area contributed by atoms with Crippen LogP contribution < -0.4 is 9.47 Å². The topological polar surface area (TPSA) is 41.9 Å². The summed E-state index contributed by atoms with van der Waals surface area (Å²) in [4.78, 5) is 2.24. The van der Waals surface area contributed by atoms with Crippen molar-refractivity contribution >= 4 is 0 Å². The fraction of sp³-hybridized carbons (Fsp3) is 0.684. The zero-order valence-corrected chi connectivity index (χ0v) is 14.3. The Kier molecular flexibility index (Phi) is 3.58. The normalized spacial score (nSPS) is 34.2. The van der Waals surface area contributed by atoms with Gasteiger partial charge in [0.05, 0.1) is 13.2 Å². The molecule has 1 saturated carbocycles. The van der Waals surface area contributed by atoms with Gasteiger partial charge in [0.1, 0.15) is 6.10 Å². The summed E-state index contributed by atoms with van der Waals surface area (Å²) in [6.45, 7) is 1.01. The van der Waals surface area contributed by atoms with Crippen LogP contribution in [0.15, 0.2) is 12.1 Å². The molecule has 4 rings (SSSR count). The Labute approximate surface area is 138 Å². The van der Waals surface area contributed by atoms with Crippen LogP contribution in [-0.2, 0) is 11.8 Å². The van der Waals surface area contributed by atoms with Crippen LogP contribution in [0, 0.1) is 5.92 Å². The molecule has 1 aliphatic heterocycles. The van der Waals surface area contributed by atoms with Crippen molar-refractivity contribution in [3.05, 3.63) is 23.3 Å². The van der Waals surface area contributed by atoms with Gasteiger partial charge < -0.3 is 19.5 Å². The van der Waals surface area contributed by atoms with Gasteiger partial charge in [-0.2, -0.15) is 0 Å². The Morgan fingerprint density at radius 3 is 2.87 bits per heavy atom. The fourth-order valence-corrected chi connectivity index (χ4v) is 5.23. The predicted molar refractivity (Wildman–Crippen MR) is 89.3 cm³/mol. The van der Waals surface area contributed by atoms with Crippen LogP contribution in [0.3, 0.4) is 0 Å². The zero-order chi connectivity index (χ0) is 16.2. The lowest BCUT2D eigenvalue weighted by Gasteiger charge is -2.50. The molecule has 1 aromatic carbocycles. The number of ether oxygens (including phenoxy) is 2. The van der Waals surface area contributed by atoms with E-state index in [9.17, 15) is 5.11 Å². The molecule has 0 bridgehead atoms. The minimum absolute atomic E-state index is 0.0423. The van der Waals surface area contributed by atoms with Crippen molar-refractivity contribution in [3.63, 3.8) is 0 Å². The summed E-state index contributed by atoms with van der Waals surface area (Å²) in [5, 5.41) is 10.7. The van der Waals surface area contributed by atoms with E-state index >= 15 is 0 Å². The van der Waals surface area contributed by atoms with Crippen LogP contribution in [0.2, 0.25) is 0 Å². The van der Waals surface area contributed by atoms with E-state index in [4.69, 9.17) is 9.47 Å². The summed E-state index contributed by atoms with van der Waals surface area (Å²) in [5.74, 6) is 2.33. The number of aliphatic hydroxyl groups is 1. The van der Waals surface area contributed by atoms with Crippen LogP contribution in [0.25, 0.3) is 0 Å². The first-order chi connectivity index (χ1) is 11.1. The van der Waals surface area contributed by atoms with Crippen LogP contribution in [-0.4, -0.2) is 50.0 Å². The minimum Gasteiger partial charge on any atom is -0.493 e. The highest BCUT2D eigenvalue weighted by Crippen LogP contribution is 2.61. The Morgan fingerprint density at radius 2 is 2.13 bits per heavy atom. The molecule has 126 valence electrons. The molecule has 0 saturated heterocycles. The molecule has 3 aliphatic rings. The second-order valence-electron chi connectivity index (χ2n) is 7.64. The largest absolute Gasteiger partial charge is 0.493 e. The molecule has 1 aromatic rings. The average molecular weight is 317 g/mol. The van der Waals surface area contributed by atoms with Gasteiger partial charge in [-0.05, 0) is 70.3 Å². The highest BCUT2D eigenvalue weighted by molar-refractivity contribution is 5.60. The van der Waals surface area contributed by atoms with Crippen LogP contribution in [0.4, 0.5) is 0 Å². The molecule has 0 aromatic heterocycles. The van der Waals surface area contributed by atoms with E-state index < -0.39 is 0 Å². The summed E-state index contributed by atoms with van der Waals surface area (Å²) in [6, 6.07) is 4.23. The van der Waals surface area contributed by atoms with E-state index in [-0.39, 0.29) is 17.6 Å². The van der Waals surface area contributed by atoms with Crippen molar-refractivity contribution < 1.29 is 14.6 Å². The molecule has 0 radical (unpaired) electrons. The summed E-state index contributed by atoms with van der Waals surface area (Å²) in [6.07, 6.45) is 4.82. The van der Waals surface area contributed by atoms with Crippen molar-refractivity contribution in [1.29, 1.82) is 0 Å². The third-order valence-electron chi connectivity index (χ3n) is 6.27. The monoisotopic (exact) mass is 317 g/mol. The molecule has 4 unspecified atom stereocenters. The SMILES string of the molecule is COc1ccc2c3c1OC1C(O)CCC(CC2)C31CCN(C)C. The van der Waals surface area contributed by atoms with Crippen LogP contribution in [0.5, 0.6) is 11.5 Å². The third kappa shape index (κ3) is 2.04. The maximum atomic E-state index is 10.7. The first kappa shape index (κ1) is 15.3. The maximum Gasteiger partial charge on any atom is 0.165 e. The lowest BCUT2D eigenvalue weighted by molar-refractivity contribution is -0.0607. The summed E-state index contributed by atoms with van der Waals surface area (Å²) >= 11 is 0. The van der Waals surface area contributed by atoms with Crippen molar-refractivity contribution in [2.45, 2.75) is 49.7 Å². The molecule has 23 heavy (non-hydrogen) atoms. The lowest BCUT2D eigenvalue weighted by atomic mass is 9.54. The van der Waals surface area contributed by atoms with Gasteiger partial charge in [0.25, 0.3) is 0 Å². The second kappa shape index (κ2) is 5.38. The molecule has 1 heterocycles. The van der Waals surface area contributed by atoms with E-state index in [0.717, 1.165) is 43.7 Å². The van der Waals surface area contributed by atoms with Gasteiger partial charge in [0.2, 0.25) is 0 Å². The van der Waals surface area contributed by atoms with E-state index in [1.165, 1.54) is 17.5 Å². The van der Waals surface area contributed by atoms with Crippen LogP contribution >= 0.6 is 0 Å². The summed E-state index contributed by atoms with van der Waals surface area (Å²) < 4.78 is 11.9. The number of nitrogens with zero attached hydrogens (tertiary/aromatic N) is 1. The van der Waals surface area contributed by atoms with E-state index in [1.54, 1.807) is 7.11 Å².